The lowest BCUT2D eigenvalue weighted by atomic mass is 9.74. The molecule has 0 aromatic rings. The van der Waals surface area contributed by atoms with Crippen LogP contribution in [0, 0.1) is 5.92 Å². The second-order valence-electron chi connectivity index (χ2n) is 6.26. The maximum absolute atomic E-state index is 6.11. The number of nitrogens with two attached hydrogens (primary N) is 1. The smallest absolute Gasteiger partial charge is 0.0328 e. The van der Waals surface area contributed by atoms with Gasteiger partial charge in [0, 0.05) is 12.1 Å². The van der Waals surface area contributed by atoms with Gasteiger partial charge in [-0.2, -0.15) is 0 Å². The molecule has 0 aromatic heterocycles. The van der Waals surface area contributed by atoms with E-state index in [0.29, 0.717) is 5.54 Å². The number of likely N-dealkylation sites (N-methyl/N-ethyl adjacent to an activating group) is 1. The highest BCUT2D eigenvalue weighted by molar-refractivity contribution is 4.94. The van der Waals surface area contributed by atoms with Gasteiger partial charge in [0.25, 0.3) is 0 Å². The Hall–Kier alpha value is -0.0800. The van der Waals surface area contributed by atoms with Crippen LogP contribution in [-0.4, -0.2) is 30.6 Å². The predicted molar refractivity (Wildman–Crippen MR) is 80.8 cm³/mol. The van der Waals surface area contributed by atoms with E-state index in [1.54, 1.807) is 0 Å². The van der Waals surface area contributed by atoms with Crippen molar-refractivity contribution in [3.05, 3.63) is 0 Å². The fourth-order valence-corrected chi connectivity index (χ4v) is 3.38. The van der Waals surface area contributed by atoms with Crippen LogP contribution in [0.5, 0.6) is 0 Å². The van der Waals surface area contributed by atoms with Crippen molar-refractivity contribution in [3.8, 4) is 0 Å². The molecule has 2 nitrogen and oxygen atoms in total. The molecule has 18 heavy (non-hydrogen) atoms. The molecule has 0 bridgehead atoms. The minimum Gasteiger partial charge on any atom is -0.329 e. The van der Waals surface area contributed by atoms with Crippen molar-refractivity contribution >= 4 is 0 Å². The Balaban J connectivity index is 2.39. The second-order valence-corrected chi connectivity index (χ2v) is 6.26. The summed E-state index contributed by atoms with van der Waals surface area (Å²) in [7, 11) is 2.30. The van der Waals surface area contributed by atoms with Crippen molar-refractivity contribution in [1.82, 2.24) is 4.90 Å². The van der Waals surface area contributed by atoms with Gasteiger partial charge in [-0.1, -0.05) is 39.5 Å². The first-order valence-corrected chi connectivity index (χ1v) is 8.09. The molecule has 0 aliphatic heterocycles. The van der Waals surface area contributed by atoms with Gasteiger partial charge >= 0.3 is 0 Å². The summed E-state index contributed by atoms with van der Waals surface area (Å²) in [4.78, 5) is 2.58. The van der Waals surface area contributed by atoms with Crippen molar-refractivity contribution in [3.63, 3.8) is 0 Å². The Kier molecular flexibility index (Phi) is 7.25. The molecule has 2 heteroatoms. The summed E-state index contributed by atoms with van der Waals surface area (Å²) in [5.41, 5.74) is 6.43. The lowest BCUT2D eigenvalue weighted by molar-refractivity contribution is 0.0626. The monoisotopic (exact) mass is 254 g/mol. The first-order valence-electron chi connectivity index (χ1n) is 8.09. The summed E-state index contributed by atoms with van der Waals surface area (Å²) >= 11 is 0. The van der Waals surface area contributed by atoms with Crippen molar-refractivity contribution in [1.29, 1.82) is 0 Å². The largest absolute Gasteiger partial charge is 0.329 e. The first-order chi connectivity index (χ1) is 8.68. The summed E-state index contributed by atoms with van der Waals surface area (Å²) < 4.78 is 0. The van der Waals surface area contributed by atoms with Crippen LogP contribution in [-0.2, 0) is 0 Å². The van der Waals surface area contributed by atoms with Crippen molar-refractivity contribution in [2.45, 2.75) is 77.2 Å². The first kappa shape index (κ1) is 16.0. The Morgan fingerprint density at radius 3 is 2.28 bits per heavy atom. The van der Waals surface area contributed by atoms with Gasteiger partial charge in [0.05, 0.1) is 0 Å². The molecule has 1 saturated carbocycles. The SMILES string of the molecule is CCCCCCN(C)C1(CN)CCC(CC)CC1. The van der Waals surface area contributed by atoms with Crippen molar-refractivity contribution < 1.29 is 0 Å². The van der Waals surface area contributed by atoms with Crippen LogP contribution in [0.4, 0.5) is 0 Å². The average Bonchev–Trinajstić information content (AvgIpc) is 2.43. The Morgan fingerprint density at radius 1 is 1.11 bits per heavy atom. The lowest BCUT2D eigenvalue weighted by Crippen LogP contribution is -2.54. The van der Waals surface area contributed by atoms with Crippen LogP contribution in [0.25, 0.3) is 0 Å². The normalized spacial score (nSPS) is 28.8. The third-order valence-electron chi connectivity index (χ3n) is 5.15. The molecule has 1 fully saturated rings. The van der Waals surface area contributed by atoms with Gasteiger partial charge in [0.2, 0.25) is 0 Å². The molecular weight excluding hydrogens is 220 g/mol. The van der Waals surface area contributed by atoms with Gasteiger partial charge < -0.3 is 5.73 Å². The fraction of sp³-hybridized carbons (Fsp3) is 1.00. The molecular formula is C16H34N2. The molecule has 0 saturated heterocycles. The number of hydrogen-bond donors (Lipinski definition) is 1. The zero-order valence-corrected chi connectivity index (χ0v) is 12.9. The maximum atomic E-state index is 6.11. The van der Waals surface area contributed by atoms with Gasteiger partial charge in [-0.05, 0) is 51.6 Å². The molecule has 0 radical (unpaired) electrons. The molecule has 0 unspecified atom stereocenters. The number of rotatable bonds is 8. The van der Waals surface area contributed by atoms with Crippen LogP contribution < -0.4 is 5.73 Å². The van der Waals surface area contributed by atoms with E-state index in [2.05, 4.69) is 25.8 Å². The highest BCUT2D eigenvalue weighted by Crippen LogP contribution is 2.36. The minimum absolute atomic E-state index is 0.317. The molecule has 0 heterocycles. The average molecular weight is 254 g/mol. The Bertz CT molecular complexity index is 207. The van der Waals surface area contributed by atoms with E-state index in [9.17, 15) is 0 Å². The minimum atomic E-state index is 0.317. The fourth-order valence-electron chi connectivity index (χ4n) is 3.38. The van der Waals surface area contributed by atoms with Gasteiger partial charge in [-0.15, -0.1) is 0 Å². The molecule has 0 spiro atoms. The van der Waals surface area contributed by atoms with Crippen LogP contribution in [0.3, 0.4) is 0 Å². The highest BCUT2D eigenvalue weighted by atomic mass is 15.2. The standard InChI is InChI=1S/C16H34N2/c1-4-6-7-8-13-18(3)16(14-17)11-9-15(5-2)10-12-16/h15H,4-14,17H2,1-3H3. The van der Waals surface area contributed by atoms with E-state index in [4.69, 9.17) is 5.73 Å². The number of nitrogens with zero attached hydrogens (tertiary/aromatic N) is 1. The van der Waals surface area contributed by atoms with Crippen molar-refractivity contribution in [2.75, 3.05) is 20.1 Å². The second kappa shape index (κ2) is 8.16. The summed E-state index contributed by atoms with van der Waals surface area (Å²) in [6, 6.07) is 0. The van der Waals surface area contributed by atoms with E-state index < -0.39 is 0 Å². The van der Waals surface area contributed by atoms with Crippen LogP contribution in [0.2, 0.25) is 0 Å². The third-order valence-corrected chi connectivity index (χ3v) is 5.15. The van der Waals surface area contributed by atoms with Gasteiger partial charge in [0.15, 0.2) is 0 Å². The number of unbranched alkanes of at least 4 members (excludes halogenated alkanes) is 3. The topological polar surface area (TPSA) is 29.3 Å². The van der Waals surface area contributed by atoms with Crippen molar-refractivity contribution in [2.24, 2.45) is 11.7 Å². The zero-order chi connectivity index (χ0) is 13.4. The molecule has 0 atom stereocenters. The zero-order valence-electron chi connectivity index (χ0n) is 12.9. The van der Waals surface area contributed by atoms with E-state index >= 15 is 0 Å². The van der Waals surface area contributed by atoms with Crippen LogP contribution in [0.1, 0.15) is 71.6 Å². The van der Waals surface area contributed by atoms with E-state index in [0.717, 1.165) is 12.5 Å². The predicted octanol–water partition coefficient (Wildman–Crippen LogP) is 3.80. The molecule has 0 amide bonds. The molecule has 108 valence electrons. The van der Waals surface area contributed by atoms with Gasteiger partial charge in [0.1, 0.15) is 0 Å². The summed E-state index contributed by atoms with van der Waals surface area (Å²) in [5, 5.41) is 0. The molecule has 1 aliphatic carbocycles. The molecule has 1 aliphatic rings. The van der Waals surface area contributed by atoms with Crippen LogP contribution >= 0.6 is 0 Å². The van der Waals surface area contributed by atoms with Gasteiger partial charge in [-0.3, -0.25) is 4.90 Å². The van der Waals surface area contributed by atoms with E-state index in [1.165, 1.54) is 64.3 Å². The maximum Gasteiger partial charge on any atom is 0.0328 e. The Labute approximate surface area is 114 Å². The highest BCUT2D eigenvalue weighted by Gasteiger charge is 2.36. The quantitative estimate of drug-likeness (QED) is 0.668. The molecule has 0 aromatic carbocycles. The summed E-state index contributed by atoms with van der Waals surface area (Å²) in [5.74, 6) is 0.957. The van der Waals surface area contributed by atoms with Gasteiger partial charge in [-0.25, -0.2) is 0 Å². The number of hydrogen-bond acceptors (Lipinski definition) is 2. The molecule has 2 N–H and O–H groups in total. The third kappa shape index (κ3) is 4.24. The summed E-state index contributed by atoms with van der Waals surface area (Å²) in [6.07, 6.45) is 12.1. The van der Waals surface area contributed by atoms with E-state index in [1.807, 2.05) is 0 Å². The van der Waals surface area contributed by atoms with Crippen LogP contribution in [0.15, 0.2) is 0 Å². The lowest BCUT2D eigenvalue weighted by Gasteiger charge is -2.46. The molecule has 1 rings (SSSR count). The summed E-state index contributed by atoms with van der Waals surface area (Å²) in [6.45, 7) is 6.67. The van der Waals surface area contributed by atoms with E-state index in [-0.39, 0.29) is 0 Å². The Morgan fingerprint density at radius 2 is 1.78 bits per heavy atom.